The number of nitrogens with two attached hydrogens (primary N) is 1. The third kappa shape index (κ3) is 5.26. The molecule has 0 fully saturated rings. The Labute approximate surface area is 54.0 Å². The van der Waals surface area contributed by atoms with E-state index < -0.39 is 6.61 Å². The van der Waals surface area contributed by atoms with Gasteiger partial charge in [0.2, 0.25) is 5.91 Å². The average molecular weight is 132 g/mol. The molecule has 0 aromatic carbocycles. The summed E-state index contributed by atoms with van der Waals surface area (Å²) in [6.07, 6.45) is 0.756. The van der Waals surface area contributed by atoms with E-state index in [1.54, 1.807) is 0 Å². The number of rotatable bonds is 4. The molecule has 0 bridgehead atoms. The molecule has 4 heteroatoms. The number of aliphatic hydroxyl groups is 1. The molecular formula is C5H12N2O2. The van der Waals surface area contributed by atoms with Crippen LogP contribution in [0.3, 0.4) is 0 Å². The molecule has 0 radical (unpaired) electrons. The quantitative estimate of drug-likeness (QED) is 0.405. The van der Waals surface area contributed by atoms with Crippen LogP contribution in [0.4, 0.5) is 0 Å². The molecule has 0 unspecified atom stereocenters. The number of hydrogen-bond acceptors (Lipinski definition) is 3. The summed E-state index contributed by atoms with van der Waals surface area (Å²) >= 11 is 0. The Morgan fingerprint density at radius 2 is 2.33 bits per heavy atom. The van der Waals surface area contributed by atoms with Crippen molar-refractivity contribution < 1.29 is 9.90 Å². The Balaban J connectivity index is 2.97. The first-order valence-corrected chi connectivity index (χ1v) is 2.89. The van der Waals surface area contributed by atoms with Gasteiger partial charge in [-0.3, -0.25) is 4.79 Å². The molecule has 0 aromatic rings. The molecule has 4 nitrogen and oxygen atoms in total. The minimum atomic E-state index is -0.440. The van der Waals surface area contributed by atoms with Gasteiger partial charge in [-0.2, -0.15) is 0 Å². The molecule has 0 aliphatic rings. The summed E-state index contributed by atoms with van der Waals surface area (Å²) in [5.41, 5.74) is 5.14. The number of amides is 1. The Kier molecular flexibility index (Phi) is 5.15. The van der Waals surface area contributed by atoms with E-state index in [4.69, 9.17) is 10.8 Å². The van der Waals surface area contributed by atoms with Crippen molar-refractivity contribution in [3.63, 3.8) is 0 Å². The standard InChI is InChI=1S/C5H12N2O2/c6-2-1-3-7-5(9)4-8/h8H,1-4,6H2,(H,7,9). The van der Waals surface area contributed by atoms with Crippen LogP contribution in [0.25, 0.3) is 0 Å². The molecule has 0 aliphatic carbocycles. The van der Waals surface area contributed by atoms with Gasteiger partial charge in [0.15, 0.2) is 0 Å². The molecule has 0 saturated heterocycles. The summed E-state index contributed by atoms with van der Waals surface area (Å²) in [4.78, 5) is 10.3. The lowest BCUT2D eigenvalue weighted by Crippen LogP contribution is -2.28. The third-order valence-corrected chi connectivity index (χ3v) is 0.847. The zero-order valence-corrected chi connectivity index (χ0v) is 5.26. The molecule has 0 heterocycles. The van der Waals surface area contributed by atoms with Gasteiger partial charge in [-0.25, -0.2) is 0 Å². The van der Waals surface area contributed by atoms with Crippen molar-refractivity contribution in [2.45, 2.75) is 6.42 Å². The normalized spacial score (nSPS) is 9.11. The highest BCUT2D eigenvalue weighted by Gasteiger charge is 1.93. The number of carbonyl (C=O) groups is 1. The second kappa shape index (κ2) is 5.53. The predicted octanol–water partition coefficient (Wildman–Crippen LogP) is -1.56. The topological polar surface area (TPSA) is 75.3 Å². The van der Waals surface area contributed by atoms with E-state index in [0.717, 1.165) is 6.42 Å². The van der Waals surface area contributed by atoms with Gasteiger partial charge < -0.3 is 16.2 Å². The smallest absolute Gasteiger partial charge is 0.245 e. The highest BCUT2D eigenvalue weighted by Crippen LogP contribution is 1.69. The Morgan fingerprint density at radius 1 is 1.67 bits per heavy atom. The van der Waals surface area contributed by atoms with Gasteiger partial charge >= 0.3 is 0 Å². The largest absolute Gasteiger partial charge is 0.387 e. The highest BCUT2D eigenvalue weighted by atomic mass is 16.3. The maximum Gasteiger partial charge on any atom is 0.245 e. The van der Waals surface area contributed by atoms with Crippen LogP contribution in [0.1, 0.15) is 6.42 Å². The Bertz CT molecular complexity index is 85.0. The van der Waals surface area contributed by atoms with Crippen LogP contribution in [-0.2, 0) is 4.79 Å². The molecule has 0 spiro atoms. The second-order valence-corrected chi connectivity index (χ2v) is 1.65. The van der Waals surface area contributed by atoms with E-state index in [2.05, 4.69) is 5.32 Å². The second-order valence-electron chi connectivity index (χ2n) is 1.65. The fourth-order valence-electron chi connectivity index (χ4n) is 0.386. The molecular weight excluding hydrogens is 120 g/mol. The number of nitrogens with one attached hydrogen (secondary N) is 1. The maximum atomic E-state index is 10.3. The molecule has 4 N–H and O–H groups in total. The van der Waals surface area contributed by atoms with Gasteiger partial charge in [-0.1, -0.05) is 0 Å². The number of aliphatic hydroxyl groups excluding tert-OH is 1. The molecule has 0 saturated carbocycles. The van der Waals surface area contributed by atoms with Crippen LogP contribution < -0.4 is 11.1 Å². The summed E-state index contributed by atoms with van der Waals surface area (Å²) < 4.78 is 0. The summed E-state index contributed by atoms with van der Waals surface area (Å²) in [5.74, 6) is -0.344. The van der Waals surface area contributed by atoms with Crippen LogP contribution in [-0.4, -0.2) is 30.7 Å². The zero-order chi connectivity index (χ0) is 7.11. The zero-order valence-electron chi connectivity index (χ0n) is 5.26. The van der Waals surface area contributed by atoms with E-state index in [-0.39, 0.29) is 5.91 Å². The van der Waals surface area contributed by atoms with Crippen molar-refractivity contribution in [2.75, 3.05) is 19.7 Å². The molecule has 54 valence electrons. The van der Waals surface area contributed by atoms with E-state index in [1.807, 2.05) is 0 Å². The maximum absolute atomic E-state index is 10.3. The molecule has 0 aliphatic heterocycles. The van der Waals surface area contributed by atoms with Crippen molar-refractivity contribution in [3.8, 4) is 0 Å². The first-order valence-electron chi connectivity index (χ1n) is 2.89. The molecule has 0 rings (SSSR count). The third-order valence-electron chi connectivity index (χ3n) is 0.847. The van der Waals surface area contributed by atoms with E-state index >= 15 is 0 Å². The lowest BCUT2D eigenvalue weighted by atomic mass is 10.4. The minimum absolute atomic E-state index is 0.344. The monoisotopic (exact) mass is 132 g/mol. The molecule has 1 amide bonds. The lowest BCUT2D eigenvalue weighted by Gasteiger charge is -1.98. The lowest BCUT2D eigenvalue weighted by molar-refractivity contribution is -0.123. The SMILES string of the molecule is NCCCNC(=O)CO. The summed E-state index contributed by atoms with van der Waals surface area (Å²) in [6.45, 7) is 0.673. The van der Waals surface area contributed by atoms with Gasteiger partial charge in [0, 0.05) is 6.54 Å². The summed E-state index contributed by atoms with van der Waals surface area (Å²) in [7, 11) is 0. The predicted molar refractivity (Wildman–Crippen MR) is 33.8 cm³/mol. The van der Waals surface area contributed by atoms with E-state index in [0.29, 0.717) is 13.1 Å². The Hall–Kier alpha value is -0.610. The van der Waals surface area contributed by atoms with Gasteiger partial charge in [0.25, 0.3) is 0 Å². The average Bonchev–Trinajstić information content (AvgIpc) is 1.89. The minimum Gasteiger partial charge on any atom is -0.387 e. The fourth-order valence-corrected chi connectivity index (χ4v) is 0.386. The fraction of sp³-hybridized carbons (Fsp3) is 0.800. The number of hydrogen-bond donors (Lipinski definition) is 3. The van der Waals surface area contributed by atoms with E-state index in [1.165, 1.54) is 0 Å². The van der Waals surface area contributed by atoms with Crippen LogP contribution in [0.15, 0.2) is 0 Å². The first-order chi connectivity index (χ1) is 4.31. The highest BCUT2D eigenvalue weighted by molar-refractivity contribution is 5.76. The van der Waals surface area contributed by atoms with Crippen molar-refractivity contribution in [3.05, 3.63) is 0 Å². The van der Waals surface area contributed by atoms with Crippen LogP contribution in [0.2, 0.25) is 0 Å². The van der Waals surface area contributed by atoms with E-state index in [9.17, 15) is 4.79 Å². The van der Waals surface area contributed by atoms with Crippen molar-refractivity contribution >= 4 is 5.91 Å². The molecule has 0 aromatic heterocycles. The Morgan fingerprint density at radius 3 is 2.78 bits per heavy atom. The molecule has 9 heavy (non-hydrogen) atoms. The van der Waals surface area contributed by atoms with Crippen LogP contribution in [0, 0.1) is 0 Å². The van der Waals surface area contributed by atoms with Gasteiger partial charge in [0.1, 0.15) is 6.61 Å². The van der Waals surface area contributed by atoms with Gasteiger partial charge in [0.05, 0.1) is 0 Å². The van der Waals surface area contributed by atoms with Gasteiger partial charge in [-0.05, 0) is 13.0 Å². The van der Waals surface area contributed by atoms with Crippen molar-refractivity contribution in [1.29, 1.82) is 0 Å². The van der Waals surface area contributed by atoms with Crippen LogP contribution in [0.5, 0.6) is 0 Å². The van der Waals surface area contributed by atoms with Crippen LogP contribution >= 0.6 is 0 Å². The van der Waals surface area contributed by atoms with Crippen molar-refractivity contribution in [1.82, 2.24) is 5.32 Å². The summed E-state index contributed by atoms with van der Waals surface area (Å²) in [5, 5.41) is 10.7. The number of carbonyl (C=O) groups excluding carboxylic acids is 1. The molecule has 0 atom stereocenters. The summed E-state index contributed by atoms with van der Waals surface area (Å²) in [6, 6.07) is 0. The first kappa shape index (κ1) is 8.39. The van der Waals surface area contributed by atoms with Crippen molar-refractivity contribution in [2.24, 2.45) is 5.73 Å². The van der Waals surface area contributed by atoms with Gasteiger partial charge in [-0.15, -0.1) is 0 Å².